The van der Waals surface area contributed by atoms with Gasteiger partial charge >= 0.3 is 0 Å². The first-order valence-electron chi connectivity index (χ1n) is 22.8. The van der Waals surface area contributed by atoms with Crippen LogP contribution in [0, 0.1) is 0 Å². The fourth-order valence-corrected chi connectivity index (χ4v) is 10.8. The predicted octanol–water partition coefficient (Wildman–Crippen LogP) is 18.7. The average molecular weight is 877 g/mol. The number of furan rings is 1. The Balaban J connectivity index is 0.00000253. The summed E-state index contributed by atoms with van der Waals surface area (Å²) in [6.07, 6.45) is 0. The van der Waals surface area contributed by atoms with Gasteiger partial charge in [0.2, 0.25) is 0 Å². The molecule has 0 saturated carbocycles. The van der Waals surface area contributed by atoms with Gasteiger partial charge in [0.25, 0.3) is 0 Å². The maximum Gasteiger partial charge on any atom is 0.137 e. The molecule has 0 amide bonds. The third-order valence-electron chi connectivity index (χ3n) is 14.0. The highest BCUT2D eigenvalue weighted by molar-refractivity contribution is 6.15. The van der Waals surface area contributed by atoms with E-state index >= 15 is 0 Å². The summed E-state index contributed by atoms with van der Waals surface area (Å²) in [7, 11) is 0. The zero-order chi connectivity index (χ0) is 43.9. The molecule has 0 fully saturated rings. The Morgan fingerprint density at radius 2 is 0.971 bits per heavy atom. The standard InChI is InChI=1S/C63H44N2O.2CH4/c1-63(2)54-23-12-9-21-49(54)50-35-30-45(40-55(50)63)41-28-33-47(34-29-41)65(56-24-13-10-20-48(56)42-16-5-3-6-17-42)59-26-15-27-61-62(59)53-39-44(32-37-60(53)66-61)43-31-36-58-52(38-43)51-22-11-14-25-57(51)64(58)46-18-7-4-8-19-46;;/h3-40H,1-2H3;2*1H4. The van der Waals surface area contributed by atoms with Gasteiger partial charge < -0.3 is 13.9 Å². The quantitative estimate of drug-likeness (QED) is 0.159. The molecule has 328 valence electrons. The number of fused-ring (bicyclic) bond motifs is 9. The number of hydrogen-bond acceptors (Lipinski definition) is 2. The molecule has 13 rings (SSSR count). The van der Waals surface area contributed by atoms with Gasteiger partial charge in [0.05, 0.1) is 27.8 Å². The van der Waals surface area contributed by atoms with Crippen LogP contribution in [-0.4, -0.2) is 4.57 Å². The van der Waals surface area contributed by atoms with E-state index in [2.05, 4.69) is 254 Å². The van der Waals surface area contributed by atoms with Crippen molar-refractivity contribution in [3.05, 3.63) is 242 Å². The van der Waals surface area contributed by atoms with Gasteiger partial charge in [0.15, 0.2) is 0 Å². The minimum atomic E-state index is -0.0682. The smallest absolute Gasteiger partial charge is 0.137 e. The van der Waals surface area contributed by atoms with Gasteiger partial charge in [-0.2, -0.15) is 0 Å². The lowest BCUT2D eigenvalue weighted by atomic mass is 9.81. The van der Waals surface area contributed by atoms with Gasteiger partial charge in [-0.15, -0.1) is 0 Å². The molecule has 0 N–H and O–H groups in total. The number of anilines is 3. The number of rotatable bonds is 7. The maximum absolute atomic E-state index is 6.72. The van der Waals surface area contributed by atoms with E-state index in [4.69, 9.17) is 4.42 Å². The van der Waals surface area contributed by atoms with Crippen LogP contribution in [0.2, 0.25) is 0 Å². The molecular weight excluding hydrogens is 825 g/mol. The van der Waals surface area contributed by atoms with E-state index in [0.717, 1.165) is 66.9 Å². The van der Waals surface area contributed by atoms with Gasteiger partial charge in [-0.3, -0.25) is 0 Å². The monoisotopic (exact) mass is 876 g/mol. The van der Waals surface area contributed by atoms with Crippen LogP contribution in [0.1, 0.15) is 39.8 Å². The van der Waals surface area contributed by atoms with Crippen molar-refractivity contribution in [3.8, 4) is 50.2 Å². The Labute approximate surface area is 398 Å². The summed E-state index contributed by atoms with van der Waals surface area (Å²) in [4.78, 5) is 2.42. The van der Waals surface area contributed by atoms with Crippen molar-refractivity contribution < 1.29 is 4.42 Å². The number of nitrogens with zero attached hydrogens (tertiary/aromatic N) is 2. The molecule has 0 unspecified atom stereocenters. The summed E-state index contributed by atoms with van der Waals surface area (Å²) >= 11 is 0. The van der Waals surface area contributed by atoms with Crippen molar-refractivity contribution in [3.63, 3.8) is 0 Å². The highest BCUT2D eigenvalue weighted by atomic mass is 16.3. The fraction of sp³-hybridized carbons (Fsp3) is 0.0769. The average Bonchev–Trinajstić information content (AvgIpc) is 4.00. The van der Waals surface area contributed by atoms with Crippen LogP contribution in [0.5, 0.6) is 0 Å². The van der Waals surface area contributed by atoms with Crippen LogP contribution < -0.4 is 4.90 Å². The molecule has 68 heavy (non-hydrogen) atoms. The third kappa shape index (κ3) is 6.57. The first-order chi connectivity index (χ1) is 32.5. The second-order valence-electron chi connectivity index (χ2n) is 18.1. The molecule has 0 spiro atoms. The number of para-hydroxylation sites is 3. The lowest BCUT2D eigenvalue weighted by molar-refractivity contribution is 0.660. The van der Waals surface area contributed by atoms with Crippen LogP contribution in [0.15, 0.2) is 235 Å². The molecule has 1 aliphatic carbocycles. The van der Waals surface area contributed by atoms with Crippen LogP contribution in [0.3, 0.4) is 0 Å². The second kappa shape index (κ2) is 16.5. The second-order valence-corrected chi connectivity index (χ2v) is 18.1. The van der Waals surface area contributed by atoms with E-state index in [1.807, 2.05) is 0 Å². The molecule has 0 saturated heterocycles. The topological polar surface area (TPSA) is 21.3 Å². The lowest BCUT2D eigenvalue weighted by Gasteiger charge is -2.28. The minimum absolute atomic E-state index is 0. The molecule has 2 heterocycles. The summed E-state index contributed by atoms with van der Waals surface area (Å²) < 4.78 is 9.09. The normalized spacial score (nSPS) is 12.4. The Morgan fingerprint density at radius 3 is 1.78 bits per heavy atom. The summed E-state index contributed by atoms with van der Waals surface area (Å²) in [5.41, 5.74) is 20.8. The molecule has 1 aliphatic rings. The van der Waals surface area contributed by atoms with Crippen LogP contribution in [0.4, 0.5) is 17.1 Å². The Morgan fingerprint density at radius 1 is 0.382 bits per heavy atom. The molecule has 3 heteroatoms. The SMILES string of the molecule is C.C.CC1(C)c2ccccc2-c2ccc(-c3ccc(N(c4ccccc4-c4ccccc4)c4cccc5oc6ccc(-c7ccc8c(c7)c7ccccc7n8-c7ccccc7)cc6c45)cc3)cc21. The summed E-state index contributed by atoms with van der Waals surface area (Å²) in [5.74, 6) is 0. The third-order valence-corrected chi connectivity index (χ3v) is 14.0. The molecule has 0 bridgehead atoms. The highest BCUT2D eigenvalue weighted by Crippen LogP contribution is 2.51. The Bertz CT molecular complexity index is 3840. The predicted molar refractivity (Wildman–Crippen MR) is 290 cm³/mol. The molecule has 0 aliphatic heterocycles. The van der Waals surface area contributed by atoms with Crippen molar-refractivity contribution in [1.29, 1.82) is 0 Å². The first kappa shape index (κ1) is 42.2. The van der Waals surface area contributed by atoms with E-state index in [-0.39, 0.29) is 20.3 Å². The van der Waals surface area contributed by atoms with Gasteiger partial charge in [-0.25, -0.2) is 0 Å². The van der Waals surface area contributed by atoms with Gasteiger partial charge in [-0.1, -0.05) is 180 Å². The van der Waals surface area contributed by atoms with E-state index in [1.165, 1.54) is 55.2 Å². The zero-order valence-corrected chi connectivity index (χ0v) is 36.7. The molecule has 0 atom stereocenters. The van der Waals surface area contributed by atoms with Crippen molar-refractivity contribution in [1.82, 2.24) is 4.57 Å². The molecular formula is C65H52N2O. The van der Waals surface area contributed by atoms with E-state index < -0.39 is 0 Å². The van der Waals surface area contributed by atoms with Crippen molar-refractivity contribution in [2.45, 2.75) is 34.1 Å². The van der Waals surface area contributed by atoms with Crippen molar-refractivity contribution >= 4 is 60.8 Å². The van der Waals surface area contributed by atoms with E-state index in [0.29, 0.717) is 0 Å². The summed E-state index contributed by atoms with van der Waals surface area (Å²) in [5, 5.41) is 4.61. The number of benzene rings is 10. The van der Waals surface area contributed by atoms with Crippen LogP contribution in [-0.2, 0) is 5.41 Å². The summed E-state index contributed by atoms with van der Waals surface area (Å²) in [6, 6.07) is 83.8. The van der Waals surface area contributed by atoms with Crippen molar-refractivity contribution in [2.24, 2.45) is 0 Å². The van der Waals surface area contributed by atoms with Crippen molar-refractivity contribution in [2.75, 3.05) is 4.90 Å². The molecule has 10 aromatic carbocycles. The lowest BCUT2D eigenvalue weighted by Crippen LogP contribution is -2.14. The van der Waals surface area contributed by atoms with E-state index in [1.54, 1.807) is 0 Å². The maximum atomic E-state index is 6.72. The Hall–Kier alpha value is -8.40. The molecule has 3 nitrogen and oxygen atoms in total. The molecule has 12 aromatic rings. The highest BCUT2D eigenvalue weighted by Gasteiger charge is 2.35. The first-order valence-corrected chi connectivity index (χ1v) is 22.8. The van der Waals surface area contributed by atoms with Gasteiger partial charge in [0.1, 0.15) is 11.2 Å². The van der Waals surface area contributed by atoms with E-state index in [9.17, 15) is 0 Å². The Kier molecular flexibility index (Phi) is 10.2. The fourth-order valence-electron chi connectivity index (χ4n) is 10.8. The summed E-state index contributed by atoms with van der Waals surface area (Å²) in [6.45, 7) is 4.69. The van der Waals surface area contributed by atoms with Crippen LogP contribution >= 0.6 is 0 Å². The van der Waals surface area contributed by atoms with Gasteiger partial charge in [0, 0.05) is 38.5 Å². The number of aromatic nitrogens is 1. The van der Waals surface area contributed by atoms with Gasteiger partial charge in [-0.05, 0) is 129 Å². The minimum Gasteiger partial charge on any atom is -0.456 e. The van der Waals surface area contributed by atoms with Crippen LogP contribution in [0.25, 0.3) is 93.9 Å². The zero-order valence-electron chi connectivity index (χ0n) is 36.7. The number of hydrogen-bond donors (Lipinski definition) is 0. The largest absolute Gasteiger partial charge is 0.456 e. The molecule has 0 radical (unpaired) electrons. The molecule has 2 aromatic heterocycles.